The summed E-state index contributed by atoms with van der Waals surface area (Å²) in [6.45, 7) is 3.37. The third kappa shape index (κ3) is 4.54. The number of aromatic nitrogens is 2. The summed E-state index contributed by atoms with van der Waals surface area (Å²) in [7, 11) is 1.63. The van der Waals surface area contributed by atoms with E-state index in [9.17, 15) is 4.79 Å². The second-order valence-electron chi connectivity index (χ2n) is 6.74. The van der Waals surface area contributed by atoms with E-state index in [0.717, 1.165) is 28.7 Å². The fraction of sp³-hybridized carbons (Fsp3) is 0.286. The number of benzene rings is 2. The Labute approximate surface area is 178 Å². The number of thioether (sulfide) groups is 1. The molecule has 2 aromatic carbocycles. The van der Waals surface area contributed by atoms with E-state index in [2.05, 4.69) is 33.7 Å². The van der Waals surface area contributed by atoms with Crippen LogP contribution in [0.4, 0.5) is 10.8 Å². The maximum atomic E-state index is 12.9. The number of ether oxygens (including phenoxy) is 1. The summed E-state index contributed by atoms with van der Waals surface area (Å²) in [4.78, 5) is 14.9. The summed E-state index contributed by atoms with van der Waals surface area (Å²) in [6.07, 6.45) is 0.908. The number of carbonyl (C=O) groups is 1. The van der Waals surface area contributed by atoms with Crippen LogP contribution in [0.1, 0.15) is 18.1 Å². The zero-order valence-electron chi connectivity index (χ0n) is 16.3. The summed E-state index contributed by atoms with van der Waals surface area (Å²) in [5, 5.41) is 12.1. The summed E-state index contributed by atoms with van der Waals surface area (Å²) < 4.78 is 6.12. The molecule has 1 aromatic heterocycles. The highest BCUT2D eigenvalue weighted by molar-refractivity contribution is 8.02. The first kappa shape index (κ1) is 19.7. The molecule has 0 saturated carbocycles. The van der Waals surface area contributed by atoms with Gasteiger partial charge in [0.2, 0.25) is 11.0 Å². The molecule has 0 radical (unpaired) electrons. The Balaban J connectivity index is 1.38. The van der Waals surface area contributed by atoms with Crippen LogP contribution < -0.4 is 10.1 Å². The van der Waals surface area contributed by atoms with Gasteiger partial charge in [-0.3, -0.25) is 4.79 Å². The van der Waals surface area contributed by atoms with Crippen molar-refractivity contribution in [3.8, 4) is 5.75 Å². The number of nitrogens with one attached hydrogen (secondary N) is 1. The minimum Gasteiger partial charge on any atom is -0.495 e. The van der Waals surface area contributed by atoms with E-state index in [1.807, 2.05) is 42.2 Å². The van der Waals surface area contributed by atoms with Crippen LogP contribution in [0.2, 0.25) is 0 Å². The molecule has 1 aliphatic heterocycles. The number of fused-ring (bicyclic) bond motifs is 1. The van der Waals surface area contributed by atoms with Crippen molar-refractivity contribution in [1.82, 2.24) is 15.1 Å². The van der Waals surface area contributed by atoms with E-state index in [-0.39, 0.29) is 11.2 Å². The fourth-order valence-corrected chi connectivity index (χ4v) is 5.31. The smallest absolute Gasteiger partial charge is 0.236 e. The summed E-state index contributed by atoms with van der Waals surface area (Å²) in [5.41, 5.74) is 3.41. The first-order chi connectivity index (χ1) is 14.1. The van der Waals surface area contributed by atoms with Crippen LogP contribution >= 0.6 is 23.1 Å². The van der Waals surface area contributed by atoms with E-state index in [0.29, 0.717) is 11.7 Å². The van der Waals surface area contributed by atoms with Gasteiger partial charge >= 0.3 is 0 Å². The van der Waals surface area contributed by atoms with Crippen LogP contribution in [0.15, 0.2) is 52.9 Å². The SMILES string of the molecule is COc1ccccc1Nc1nnc(SC(C)C(=O)N2CCc3ccccc3C2)s1. The quantitative estimate of drug-likeness (QED) is 0.591. The predicted molar refractivity (Wildman–Crippen MR) is 117 cm³/mol. The fourth-order valence-electron chi connectivity index (χ4n) is 3.31. The van der Waals surface area contributed by atoms with Gasteiger partial charge in [-0.05, 0) is 36.6 Å². The van der Waals surface area contributed by atoms with Crippen molar-refractivity contribution < 1.29 is 9.53 Å². The largest absolute Gasteiger partial charge is 0.495 e. The molecule has 0 bridgehead atoms. The van der Waals surface area contributed by atoms with Crippen LogP contribution in [0.5, 0.6) is 5.75 Å². The average Bonchev–Trinajstić information content (AvgIpc) is 3.19. The third-order valence-corrected chi connectivity index (χ3v) is 6.83. The maximum absolute atomic E-state index is 12.9. The highest BCUT2D eigenvalue weighted by Crippen LogP contribution is 2.33. The number of para-hydroxylation sites is 2. The standard InChI is InChI=1S/C21H22N4O2S2/c1-14(19(26)25-12-11-15-7-3-4-8-16(15)13-25)28-21-24-23-20(29-21)22-17-9-5-6-10-18(17)27-2/h3-10,14H,11-13H2,1-2H3,(H,22,23). The molecular weight excluding hydrogens is 404 g/mol. The summed E-state index contributed by atoms with van der Waals surface area (Å²) >= 11 is 2.88. The first-order valence-electron chi connectivity index (χ1n) is 9.40. The van der Waals surface area contributed by atoms with Gasteiger partial charge in [0, 0.05) is 13.1 Å². The van der Waals surface area contributed by atoms with Gasteiger partial charge in [0.15, 0.2) is 4.34 Å². The van der Waals surface area contributed by atoms with E-state index < -0.39 is 0 Å². The predicted octanol–water partition coefficient (Wildman–Crippen LogP) is 4.36. The van der Waals surface area contributed by atoms with Crippen molar-refractivity contribution in [3.05, 3.63) is 59.7 Å². The average molecular weight is 427 g/mol. The van der Waals surface area contributed by atoms with Crippen molar-refractivity contribution in [2.24, 2.45) is 0 Å². The normalized spacial score (nSPS) is 14.2. The minimum atomic E-state index is -0.215. The lowest BCUT2D eigenvalue weighted by molar-refractivity contribution is -0.131. The topological polar surface area (TPSA) is 67.3 Å². The molecule has 2 heterocycles. The molecule has 0 saturated heterocycles. The van der Waals surface area contributed by atoms with Crippen molar-refractivity contribution in [1.29, 1.82) is 0 Å². The molecule has 4 rings (SSSR count). The zero-order chi connectivity index (χ0) is 20.2. The maximum Gasteiger partial charge on any atom is 0.236 e. The molecular formula is C21H22N4O2S2. The molecule has 1 atom stereocenters. The molecule has 0 fully saturated rings. The van der Waals surface area contributed by atoms with Crippen molar-refractivity contribution >= 4 is 39.8 Å². The first-order valence-corrected chi connectivity index (χ1v) is 11.1. The van der Waals surface area contributed by atoms with E-state index >= 15 is 0 Å². The molecule has 1 N–H and O–H groups in total. The molecule has 1 amide bonds. The van der Waals surface area contributed by atoms with Crippen LogP contribution in [-0.2, 0) is 17.8 Å². The van der Waals surface area contributed by atoms with E-state index in [1.165, 1.54) is 34.2 Å². The van der Waals surface area contributed by atoms with Crippen LogP contribution in [0.25, 0.3) is 0 Å². The number of amides is 1. The van der Waals surface area contributed by atoms with Gasteiger partial charge in [-0.15, -0.1) is 10.2 Å². The lowest BCUT2D eigenvalue weighted by Crippen LogP contribution is -2.40. The van der Waals surface area contributed by atoms with Gasteiger partial charge in [0.1, 0.15) is 5.75 Å². The van der Waals surface area contributed by atoms with Gasteiger partial charge in [-0.25, -0.2) is 0 Å². The van der Waals surface area contributed by atoms with Crippen molar-refractivity contribution in [2.45, 2.75) is 29.5 Å². The molecule has 1 unspecified atom stereocenters. The molecule has 8 heteroatoms. The lowest BCUT2D eigenvalue weighted by atomic mass is 10.00. The minimum absolute atomic E-state index is 0.138. The number of hydrogen-bond donors (Lipinski definition) is 1. The number of carbonyl (C=O) groups excluding carboxylic acids is 1. The van der Waals surface area contributed by atoms with Gasteiger partial charge < -0.3 is 15.0 Å². The highest BCUT2D eigenvalue weighted by atomic mass is 32.2. The number of rotatable bonds is 6. The Kier molecular flexibility index (Phi) is 6.01. The van der Waals surface area contributed by atoms with Gasteiger partial charge in [0.05, 0.1) is 18.0 Å². The number of methoxy groups -OCH3 is 1. The molecule has 3 aromatic rings. The summed E-state index contributed by atoms with van der Waals surface area (Å²) in [5.74, 6) is 0.879. The number of anilines is 2. The second kappa shape index (κ2) is 8.84. The molecule has 1 aliphatic rings. The van der Waals surface area contributed by atoms with Crippen molar-refractivity contribution in [2.75, 3.05) is 19.0 Å². The van der Waals surface area contributed by atoms with Crippen LogP contribution in [0.3, 0.4) is 0 Å². The molecule has 0 aliphatic carbocycles. The summed E-state index contributed by atoms with van der Waals surface area (Å²) in [6, 6.07) is 16.0. The Morgan fingerprint density at radius 1 is 1.17 bits per heavy atom. The lowest BCUT2D eigenvalue weighted by Gasteiger charge is -2.30. The van der Waals surface area contributed by atoms with Crippen LogP contribution in [-0.4, -0.2) is 39.9 Å². The second-order valence-corrected chi connectivity index (χ2v) is 9.30. The number of hydrogen-bond acceptors (Lipinski definition) is 7. The molecule has 0 spiro atoms. The third-order valence-electron chi connectivity index (χ3n) is 4.82. The highest BCUT2D eigenvalue weighted by Gasteiger charge is 2.26. The molecule has 6 nitrogen and oxygen atoms in total. The monoisotopic (exact) mass is 426 g/mol. The van der Waals surface area contributed by atoms with Gasteiger partial charge in [-0.1, -0.05) is 59.5 Å². The number of nitrogens with zero attached hydrogens (tertiary/aromatic N) is 3. The Morgan fingerprint density at radius 2 is 1.93 bits per heavy atom. The Hall–Kier alpha value is -2.58. The Morgan fingerprint density at radius 3 is 2.76 bits per heavy atom. The van der Waals surface area contributed by atoms with E-state index in [4.69, 9.17) is 4.74 Å². The van der Waals surface area contributed by atoms with Crippen molar-refractivity contribution in [3.63, 3.8) is 0 Å². The molecule has 29 heavy (non-hydrogen) atoms. The van der Waals surface area contributed by atoms with Gasteiger partial charge in [0.25, 0.3) is 0 Å². The molecule has 150 valence electrons. The van der Waals surface area contributed by atoms with E-state index in [1.54, 1.807) is 7.11 Å². The van der Waals surface area contributed by atoms with Gasteiger partial charge in [-0.2, -0.15) is 0 Å². The Bertz CT molecular complexity index is 1010. The zero-order valence-corrected chi connectivity index (χ0v) is 17.9. The van der Waals surface area contributed by atoms with Crippen LogP contribution in [0, 0.1) is 0 Å².